The molecule has 33 heavy (non-hydrogen) atoms. The Morgan fingerprint density at radius 1 is 1.27 bits per heavy atom. The highest BCUT2D eigenvalue weighted by atomic mass is 35.5. The van der Waals surface area contributed by atoms with Crippen LogP contribution in [0, 0.1) is 0 Å². The van der Waals surface area contributed by atoms with E-state index in [0.717, 1.165) is 31.4 Å². The van der Waals surface area contributed by atoms with Crippen molar-refractivity contribution in [2.45, 2.75) is 59.1 Å². The SMILES string of the molecule is C/C=C(\C(Cl)=C/N)c1nn(CC(=O)N2CCCC2)c(=O)n1-c1ccc(OC(C)CCC)cc1. The van der Waals surface area contributed by atoms with Gasteiger partial charge in [-0.3, -0.25) is 4.79 Å². The maximum atomic E-state index is 13.4. The highest BCUT2D eigenvalue weighted by Crippen LogP contribution is 2.26. The monoisotopic (exact) mass is 473 g/mol. The van der Waals surface area contributed by atoms with Gasteiger partial charge in [0.2, 0.25) is 5.91 Å². The Morgan fingerprint density at radius 2 is 1.94 bits per heavy atom. The van der Waals surface area contributed by atoms with E-state index in [-0.39, 0.29) is 23.6 Å². The van der Waals surface area contributed by atoms with E-state index in [9.17, 15) is 9.59 Å². The van der Waals surface area contributed by atoms with Crippen LogP contribution in [0.3, 0.4) is 0 Å². The minimum atomic E-state index is -0.425. The van der Waals surface area contributed by atoms with Gasteiger partial charge in [0.1, 0.15) is 12.3 Å². The summed E-state index contributed by atoms with van der Waals surface area (Å²) in [6.07, 6.45) is 7.04. The highest BCUT2D eigenvalue weighted by molar-refractivity contribution is 6.36. The predicted molar refractivity (Wildman–Crippen MR) is 130 cm³/mol. The van der Waals surface area contributed by atoms with Gasteiger partial charge in [0, 0.05) is 24.9 Å². The van der Waals surface area contributed by atoms with E-state index in [1.807, 2.05) is 19.1 Å². The van der Waals surface area contributed by atoms with Crippen LogP contribution < -0.4 is 16.2 Å². The van der Waals surface area contributed by atoms with Crippen LogP contribution in [-0.4, -0.2) is 44.3 Å². The number of ether oxygens (including phenoxy) is 1. The lowest BCUT2D eigenvalue weighted by Gasteiger charge is -2.14. The Labute approximate surface area is 199 Å². The van der Waals surface area contributed by atoms with Crippen molar-refractivity contribution >= 4 is 23.1 Å². The highest BCUT2D eigenvalue weighted by Gasteiger charge is 2.24. The van der Waals surface area contributed by atoms with E-state index in [0.29, 0.717) is 30.2 Å². The average molecular weight is 474 g/mol. The van der Waals surface area contributed by atoms with E-state index in [4.69, 9.17) is 22.1 Å². The van der Waals surface area contributed by atoms with Crippen molar-refractivity contribution in [3.63, 3.8) is 0 Å². The molecular weight excluding hydrogens is 442 g/mol. The van der Waals surface area contributed by atoms with Gasteiger partial charge in [0.05, 0.1) is 16.8 Å². The number of aromatic nitrogens is 3. The third kappa shape index (κ3) is 5.68. The molecule has 0 radical (unpaired) electrons. The molecule has 0 spiro atoms. The summed E-state index contributed by atoms with van der Waals surface area (Å²) < 4.78 is 8.56. The number of nitrogens with two attached hydrogens (primary N) is 1. The molecule has 1 atom stereocenters. The summed E-state index contributed by atoms with van der Waals surface area (Å²) in [6.45, 7) is 7.22. The zero-order valence-electron chi connectivity index (χ0n) is 19.5. The molecule has 3 rings (SSSR count). The van der Waals surface area contributed by atoms with Crippen molar-refractivity contribution in [2.24, 2.45) is 5.73 Å². The molecule has 1 unspecified atom stereocenters. The summed E-state index contributed by atoms with van der Waals surface area (Å²) in [5.41, 5.74) is 6.30. The van der Waals surface area contributed by atoms with Gasteiger partial charge >= 0.3 is 5.69 Å². The largest absolute Gasteiger partial charge is 0.491 e. The third-order valence-corrected chi connectivity index (χ3v) is 5.97. The molecule has 8 nitrogen and oxygen atoms in total. The molecular formula is C24H32ClN5O3. The van der Waals surface area contributed by atoms with Crippen molar-refractivity contribution in [2.75, 3.05) is 13.1 Å². The Hall–Kier alpha value is -3.00. The fourth-order valence-electron chi connectivity index (χ4n) is 3.95. The molecule has 1 aliphatic rings. The summed E-state index contributed by atoms with van der Waals surface area (Å²) >= 11 is 6.32. The Morgan fingerprint density at radius 3 is 2.52 bits per heavy atom. The number of rotatable bonds is 9. The molecule has 2 aromatic rings. The van der Waals surface area contributed by atoms with Crippen molar-refractivity contribution in [3.8, 4) is 11.4 Å². The lowest BCUT2D eigenvalue weighted by molar-refractivity contribution is -0.131. The molecule has 2 N–H and O–H groups in total. The summed E-state index contributed by atoms with van der Waals surface area (Å²) in [5, 5.41) is 4.73. The molecule has 0 aliphatic carbocycles. The zero-order chi connectivity index (χ0) is 24.0. The minimum Gasteiger partial charge on any atom is -0.491 e. The van der Waals surface area contributed by atoms with Crippen molar-refractivity contribution < 1.29 is 9.53 Å². The van der Waals surface area contributed by atoms with Crippen molar-refractivity contribution in [1.29, 1.82) is 0 Å². The number of hydrogen-bond donors (Lipinski definition) is 1. The molecule has 1 amide bonds. The second-order valence-electron chi connectivity index (χ2n) is 8.12. The van der Waals surface area contributed by atoms with Crippen LogP contribution in [0.2, 0.25) is 0 Å². The summed E-state index contributed by atoms with van der Waals surface area (Å²) in [4.78, 5) is 27.8. The Bertz CT molecular complexity index is 1080. The van der Waals surface area contributed by atoms with E-state index in [1.165, 1.54) is 15.4 Å². The van der Waals surface area contributed by atoms with Crippen LogP contribution >= 0.6 is 11.6 Å². The predicted octanol–water partition coefficient (Wildman–Crippen LogP) is 3.67. The first kappa shape index (κ1) is 24.6. The van der Waals surface area contributed by atoms with Gasteiger partial charge < -0.3 is 15.4 Å². The van der Waals surface area contributed by atoms with E-state index < -0.39 is 5.69 Å². The lowest BCUT2D eigenvalue weighted by atomic mass is 10.2. The zero-order valence-corrected chi connectivity index (χ0v) is 20.2. The normalized spacial score (nSPS) is 15.7. The molecule has 1 aromatic carbocycles. The maximum Gasteiger partial charge on any atom is 0.351 e. The molecule has 178 valence electrons. The van der Waals surface area contributed by atoms with Gasteiger partial charge in [-0.2, -0.15) is 0 Å². The lowest BCUT2D eigenvalue weighted by Crippen LogP contribution is -2.35. The number of halogens is 1. The second-order valence-corrected chi connectivity index (χ2v) is 8.52. The number of nitrogens with zero attached hydrogens (tertiary/aromatic N) is 4. The molecule has 1 aromatic heterocycles. The van der Waals surface area contributed by atoms with Gasteiger partial charge in [0.15, 0.2) is 5.82 Å². The number of carbonyl (C=O) groups is 1. The smallest absolute Gasteiger partial charge is 0.351 e. The molecule has 0 saturated carbocycles. The molecule has 1 saturated heterocycles. The van der Waals surface area contributed by atoms with Gasteiger partial charge in [-0.05, 0) is 57.4 Å². The fourth-order valence-corrected chi connectivity index (χ4v) is 4.14. The molecule has 2 heterocycles. The summed E-state index contributed by atoms with van der Waals surface area (Å²) in [7, 11) is 0. The summed E-state index contributed by atoms with van der Waals surface area (Å²) in [6, 6.07) is 7.22. The number of likely N-dealkylation sites (tertiary alicyclic amines) is 1. The average Bonchev–Trinajstić information content (AvgIpc) is 3.44. The Kier molecular flexibility index (Phi) is 8.38. The van der Waals surface area contributed by atoms with Crippen molar-refractivity contribution in [3.05, 3.63) is 57.9 Å². The van der Waals surface area contributed by atoms with Crippen molar-refractivity contribution in [1.82, 2.24) is 19.2 Å². The first-order chi connectivity index (χ1) is 15.9. The van der Waals surface area contributed by atoms with Crippen LogP contribution in [0.15, 0.2) is 46.4 Å². The first-order valence-corrected chi connectivity index (χ1v) is 11.8. The minimum absolute atomic E-state index is 0.0987. The third-order valence-electron chi connectivity index (χ3n) is 5.64. The molecule has 9 heteroatoms. The van der Waals surface area contributed by atoms with E-state index in [2.05, 4.69) is 12.0 Å². The van der Waals surface area contributed by atoms with E-state index >= 15 is 0 Å². The quantitative estimate of drug-likeness (QED) is 0.560. The molecule has 1 fully saturated rings. The first-order valence-electron chi connectivity index (χ1n) is 11.4. The van der Waals surface area contributed by atoms with Crippen LogP contribution in [-0.2, 0) is 11.3 Å². The number of hydrogen-bond acceptors (Lipinski definition) is 5. The van der Waals surface area contributed by atoms with Crippen LogP contribution in [0.25, 0.3) is 11.3 Å². The van der Waals surface area contributed by atoms with Gasteiger partial charge in [-0.25, -0.2) is 14.0 Å². The number of amides is 1. The number of allylic oxidation sites excluding steroid dienone is 3. The van der Waals surface area contributed by atoms with Gasteiger partial charge in [-0.15, -0.1) is 5.10 Å². The summed E-state index contributed by atoms with van der Waals surface area (Å²) in [5.74, 6) is 0.912. The van der Waals surface area contributed by atoms with Gasteiger partial charge in [-0.1, -0.05) is 31.0 Å². The van der Waals surface area contributed by atoms with E-state index in [1.54, 1.807) is 30.0 Å². The second kappa shape index (κ2) is 11.2. The standard InChI is InChI=1S/C24H32ClN5O3/c1-4-8-17(3)33-19-11-9-18(10-12-19)30-23(20(5-2)21(25)15-26)27-29(24(30)32)16-22(31)28-13-6-7-14-28/h5,9-12,15,17H,4,6-8,13-14,16,26H2,1-3H3/b20-5+,21-15+. The number of carbonyl (C=O) groups excluding carboxylic acids is 1. The van der Waals surface area contributed by atoms with Crippen LogP contribution in [0.5, 0.6) is 5.75 Å². The fraction of sp³-hybridized carbons (Fsp3) is 0.458. The molecule has 0 bridgehead atoms. The molecule has 1 aliphatic heterocycles. The maximum absolute atomic E-state index is 13.4. The number of benzene rings is 1. The Balaban J connectivity index is 2.00. The van der Waals surface area contributed by atoms with Crippen LogP contribution in [0.1, 0.15) is 52.3 Å². The topological polar surface area (TPSA) is 95.4 Å². The van der Waals surface area contributed by atoms with Gasteiger partial charge in [0.25, 0.3) is 0 Å². The van der Waals surface area contributed by atoms with Crippen LogP contribution in [0.4, 0.5) is 0 Å².